The summed E-state index contributed by atoms with van der Waals surface area (Å²) in [6.07, 6.45) is 27.9. The Bertz CT molecular complexity index is 513. The van der Waals surface area contributed by atoms with Crippen molar-refractivity contribution in [1.29, 1.82) is 0 Å². The lowest BCUT2D eigenvalue weighted by molar-refractivity contribution is -0.427. The smallest absolute Gasteiger partial charge is 0.246 e. The number of nitro groups is 1. The van der Waals surface area contributed by atoms with Crippen molar-refractivity contribution in [2.75, 3.05) is 0 Å². The Morgan fingerprint density at radius 3 is 2.15 bits per heavy atom. The quantitative estimate of drug-likeness (QED) is 0.139. The fourth-order valence-corrected chi connectivity index (χ4v) is 2.17. The van der Waals surface area contributed by atoms with Gasteiger partial charge in [0.05, 0.1) is 11.3 Å². The summed E-state index contributed by atoms with van der Waals surface area (Å²) in [5.74, 6) is 0. The van der Waals surface area contributed by atoms with Crippen LogP contribution in [0, 0.1) is 10.1 Å². The summed E-state index contributed by atoms with van der Waals surface area (Å²) in [7, 11) is 0. The highest BCUT2D eigenvalue weighted by molar-refractivity contribution is 5.50. The maximum absolute atomic E-state index is 11.1. The molecule has 143 valence electrons. The van der Waals surface area contributed by atoms with Crippen LogP contribution in [0.15, 0.2) is 60.4 Å². The number of rotatable bonds is 16. The van der Waals surface area contributed by atoms with E-state index in [1.807, 2.05) is 48.8 Å². The molecule has 0 saturated carbocycles. The van der Waals surface area contributed by atoms with Gasteiger partial charge >= 0.3 is 0 Å². The van der Waals surface area contributed by atoms with Gasteiger partial charge in [0, 0.05) is 6.42 Å². The Morgan fingerprint density at radius 1 is 0.885 bits per heavy atom. The molecular weight excluding hydrogens is 326 g/mol. The predicted octanol–water partition coefficient (Wildman–Crippen LogP) is 6.40. The number of allylic oxidation sites excluding steroid dienone is 9. The number of nitrogens with zero attached hydrogens (tertiary/aromatic N) is 1. The number of carbonyl (C=O) groups excluding carboxylic acids is 1. The van der Waals surface area contributed by atoms with Crippen molar-refractivity contribution in [3.8, 4) is 0 Å². The molecule has 0 N–H and O–H groups in total. The standard InChI is InChI=1S/C22H32NO3/c1-2-3-4-5-10-13-16-19-22(23(25)26)20-17-14-11-8-6-7-9-12-15-18-21-24/h6,8-10,12-14,17,19H,2-5,7,11,15-16,18,20H2,1H3/b8-6-,12-9-,13-10-,17-14-,22-19+. The highest BCUT2D eigenvalue weighted by Gasteiger charge is 2.06. The monoisotopic (exact) mass is 358 g/mol. The van der Waals surface area contributed by atoms with Gasteiger partial charge < -0.3 is 0 Å². The largest absolute Gasteiger partial charge is 0.291 e. The molecule has 0 spiro atoms. The second kappa shape index (κ2) is 19.1. The predicted molar refractivity (Wildman–Crippen MR) is 109 cm³/mol. The molecule has 0 aliphatic carbocycles. The van der Waals surface area contributed by atoms with E-state index in [9.17, 15) is 14.9 Å². The van der Waals surface area contributed by atoms with Gasteiger partial charge in [-0.05, 0) is 44.6 Å². The summed E-state index contributed by atoms with van der Waals surface area (Å²) in [5.41, 5.74) is 0.248. The van der Waals surface area contributed by atoms with E-state index in [1.165, 1.54) is 19.3 Å². The first-order chi connectivity index (χ1) is 12.7. The van der Waals surface area contributed by atoms with E-state index in [1.54, 1.807) is 6.08 Å². The van der Waals surface area contributed by atoms with Gasteiger partial charge in [0.15, 0.2) is 6.29 Å². The van der Waals surface area contributed by atoms with Gasteiger partial charge in [-0.1, -0.05) is 68.4 Å². The van der Waals surface area contributed by atoms with Crippen LogP contribution in [0.2, 0.25) is 0 Å². The lowest BCUT2D eigenvalue weighted by Crippen LogP contribution is -1.97. The zero-order chi connectivity index (χ0) is 19.3. The minimum atomic E-state index is -0.299. The van der Waals surface area contributed by atoms with Crippen molar-refractivity contribution in [1.82, 2.24) is 0 Å². The van der Waals surface area contributed by atoms with Crippen molar-refractivity contribution in [3.05, 3.63) is 70.5 Å². The molecule has 0 aliphatic heterocycles. The van der Waals surface area contributed by atoms with E-state index in [2.05, 4.69) is 13.0 Å². The molecule has 0 amide bonds. The Hall–Kier alpha value is -2.23. The van der Waals surface area contributed by atoms with E-state index in [4.69, 9.17) is 0 Å². The Morgan fingerprint density at radius 2 is 1.50 bits per heavy atom. The number of unbranched alkanes of at least 4 members (excludes halogenated alkanes) is 4. The molecule has 0 aromatic carbocycles. The van der Waals surface area contributed by atoms with Crippen LogP contribution in [0.25, 0.3) is 0 Å². The number of hydrogen-bond acceptors (Lipinski definition) is 3. The van der Waals surface area contributed by atoms with E-state index in [0.717, 1.165) is 25.7 Å². The maximum Gasteiger partial charge on any atom is 0.246 e. The molecule has 0 atom stereocenters. The van der Waals surface area contributed by atoms with Crippen molar-refractivity contribution >= 4 is 6.29 Å². The zero-order valence-electron chi connectivity index (χ0n) is 15.9. The van der Waals surface area contributed by atoms with Gasteiger partial charge in [0.25, 0.3) is 0 Å². The van der Waals surface area contributed by atoms with Crippen LogP contribution in [0.3, 0.4) is 0 Å². The average molecular weight is 359 g/mol. The molecule has 0 aliphatic rings. The second-order valence-corrected chi connectivity index (χ2v) is 5.93. The second-order valence-electron chi connectivity index (χ2n) is 5.93. The molecule has 0 rings (SSSR count). The lowest BCUT2D eigenvalue weighted by atomic mass is 10.2. The first-order valence-electron chi connectivity index (χ1n) is 9.50. The summed E-state index contributed by atoms with van der Waals surface area (Å²) >= 11 is 0. The highest BCUT2D eigenvalue weighted by Crippen LogP contribution is 2.07. The zero-order valence-corrected chi connectivity index (χ0v) is 15.9. The molecule has 0 aromatic rings. The summed E-state index contributed by atoms with van der Waals surface area (Å²) in [6, 6.07) is 0. The molecule has 0 unspecified atom stereocenters. The van der Waals surface area contributed by atoms with Crippen molar-refractivity contribution in [2.24, 2.45) is 0 Å². The summed E-state index contributed by atoms with van der Waals surface area (Å²) < 4.78 is 0. The maximum atomic E-state index is 11.1. The normalized spacial score (nSPS) is 12.9. The van der Waals surface area contributed by atoms with Gasteiger partial charge in [-0.25, -0.2) is 0 Å². The Labute approximate surface area is 158 Å². The third-order valence-electron chi connectivity index (χ3n) is 3.65. The molecule has 0 bridgehead atoms. The molecule has 0 fully saturated rings. The first kappa shape index (κ1) is 23.8. The van der Waals surface area contributed by atoms with Crippen molar-refractivity contribution in [2.45, 2.75) is 71.1 Å². The molecule has 4 nitrogen and oxygen atoms in total. The van der Waals surface area contributed by atoms with Gasteiger partial charge in [0.2, 0.25) is 5.70 Å². The van der Waals surface area contributed by atoms with Gasteiger partial charge in [0.1, 0.15) is 0 Å². The fraction of sp³-hybridized carbons (Fsp3) is 0.500. The van der Waals surface area contributed by atoms with Crippen LogP contribution < -0.4 is 0 Å². The minimum Gasteiger partial charge on any atom is -0.291 e. The van der Waals surface area contributed by atoms with E-state index in [0.29, 0.717) is 19.3 Å². The molecule has 1 radical (unpaired) electrons. The first-order valence-corrected chi connectivity index (χ1v) is 9.50. The van der Waals surface area contributed by atoms with Crippen LogP contribution in [0.1, 0.15) is 71.1 Å². The summed E-state index contributed by atoms with van der Waals surface area (Å²) in [6.45, 7) is 2.17. The molecule has 0 aromatic heterocycles. The van der Waals surface area contributed by atoms with Gasteiger partial charge in [-0.3, -0.25) is 14.9 Å². The lowest BCUT2D eigenvalue weighted by Gasteiger charge is -1.94. The number of hydrogen-bond donors (Lipinski definition) is 0. The van der Waals surface area contributed by atoms with Gasteiger partial charge in [-0.15, -0.1) is 0 Å². The van der Waals surface area contributed by atoms with Crippen LogP contribution in [-0.4, -0.2) is 11.2 Å². The Kier molecular flexibility index (Phi) is 17.5. The summed E-state index contributed by atoms with van der Waals surface area (Å²) in [5, 5.41) is 11.1. The molecule has 0 saturated heterocycles. The van der Waals surface area contributed by atoms with Gasteiger partial charge in [-0.2, -0.15) is 0 Å². The minimum absolute atomic E-state index is 0.248. The van der Waals surface area contributed by atoms with Crippen molar-refractivity contribution < 1.29 is 9.72 Å². The average Bonchev–Trinajstić information content (AvgIpc) is 2.63. The van der Waals surface area contributed by atoms with Crippen LogP contribution in [0.5, 0.6) is 0 Å². The molecule has 0 heterocycles. The van der Waals surface area contributed by atoms with E-state index >= 15 is 0 Å². The fourth-order valence-electron chi connectivity index (χ4n) is 2.17. The van der Waals surface area contributed by atoms with E-state index in [-0.39, 0.29) is 10.6 Å². The van der Waals surface area contributed by atoms with Crippen LogP contribution in [0.4, 0.5) is 0 Å². The SMILES string of the molecule is CCCCC/C=C\C/C=C(\C/C=C\C/C=C\C/C=C\CC[C]=O)[N+](=O)[O-]. The highest BCUT2D eigenvalue weighted by atomic mass is 16.6. The third kappa shape index (κ3) is 16.6. The molecular formula is C22H32NO3. The molecule has 4 heteroatoms. The summed E-state index contributed by atoms with van der Waals surface area (Å²) in [4.78, 5) is 20.8. The molecule has 26 heavy (non-hydrogen) atoms. The van der Waals surface area contributed by atoms with Crippen molar-refractivity contribution in [3.63, 3.8) is 0 Å². The Balaban J connectivity index is 4.02. The van der Waals surface area contributed by atoms with Crippen LogP contribution in [-0.2, 0) is 4.79 Å². The van der Waals surface area contributed by atoms with Crippen LogP contribution >= 0.6 is 0 Å². The third-order valence-corrected chi connectivity index (χ3v) is 3.65. The van der Waals surface area contributed by atoms with E-state index < -0.39 is 0 Å². The topological polar surface area (TPSA) is 60.2 Å².